The summed E-state index contributed by atoms with van der Waals surface area (Å²) in [6.07, 6.45) is 0. The number of anilines is 2. The van der Waals surface area contributed by atoms with Gasteiger partial charge in [-0.25, -0.2) is 13.7 Å². The molecule has 1 heterocycles. The molecule has 0 fully saturated rings. The van der Waals surface area contributed by atoms with E-state index in [0.717, 1.165) is 17.0 Å². The van der Waals surface area contributed by atoms with Crippen LogP contribution in [-0.4, -0.2) is 18.9 Å². The van der Waals surface area contributed by atoms with E-state index in [1.165, 1.54) is 13.2 Å². The normalized spacial score (nSPS) is 13.7. The molecule has 0 radical (unpaired) electrons. The molecule has 31 heavy (non-hydrogen) atoms. The van der Waals surface area contributed by atoms with Crippen LogP contribution < -0.4 is 15.0 Å². The molecular weight excluding hydrogens is 426 g/mol. The number of carbonyl (C=O) groups excluding carboxylic acids is 2. The number of ether oxygens (including phenoxy) is 1. The van der Waals surface area contributed by atoms with E-state index in [4.69, 9.17) is 16.3 Å². The second-order valence-electron chi connectivity index (χ2n) is 6.65. The Kier molecular flexibility index (Phi) is 5.44. The summed E-state index contributed by atoms with van der Waals surface area (Å²) in [5.74, 6) is -2.73. The molecular formula is C23H15ClF2N2O3. The first kappa shape index (κ1) is 20.6. The molecule has 0 aromatic heterocycles. The number of imide groups is 1. The molecule has 156 valence electrons. The number of nitrogens with one attached hydrogen (secondary N) is 1. The fourth-order valence-corrected chi connectivity index (χ4v) is 3.34. The second kappa shape index (κ2) is 8.20. The number of rotatable bonds is 5. The Labute approximate surface area is 181 Å². The van der Waals surface area contributed by atoms with E-state index in [1.54, 1.807) is 48.5 Å². The lowest BCUT2D eigenvalue weighted by molar-refractivity contribution is -0.120. The molecule has 1 N–H and O–H groups in total. The van der Waals surface area contributed by atoms with Gasteiger partial charge in [0.1, 0.15) is 11.4 Å². The summed E-state index contributed by atoms with van der Waals surface area (Å²) in [5, 5.41) is 3.23. The molecule has 2 amide bonds. The number of nitrogens with zero attached hydrogens (tertiary/aromatic N) is 1. The Morgan fingerprint density at radius 3 is 2.16 bits per heavy atom. The van der Waals surface area contributed by atoms with Crippen LogP contribution in [0.2, 0.25) is 5.02 Å². The molecule has 0 atom stereocenters. The van der Waals surface area contributed by atoms with E-state index in [1.807, 2.05) is 0 Å². The van der Waals surface area contributed by atoms with E-state index in [2.05, 4.69) is 5.32 Å². The maximum atomic E-state index is 13.7. The zero-order valence-corrected chi connectivity index (χ0v) is 16.9. The average molecular weight is 441 g/mol. The van der Waals surface area contributed by atoms with Crippen molar-refractivity contribution >= 4 is 40.4 Å². The van der Waals surface area contributed by atoms with Gasteiger partial charge in [-0.1, -0.05) is 23.7 Å². The van der Waals surface area contributed by atoms with Crippen LogP contribution in [-0.2, 0) is 9.59 Å². The lowest BCUT2D eigenvalue weighted by Crippen LogP contribution is -2.32. The van der Waals surface area contributed by atoms with Gasteiger partial charge in [-0.2, -0.15) is 0 Å². The molecule has 0 spiro atoms. The van der Waals surface area contributed by atoms with Crippen LogP contribution in [0, 0.1) is 11.6 Å². The number of halogens is 3. The summed E-state index contributed by atoms with van der Waals surface area (Å²) in [5.41, 5.74) is 0.940. The lowest BCUT2D eigenvalue weighted by Gasteiger charge is -2.15. The SMILES string of the molecule is COc1ccc(C2=C(Nc3ccc(F)c(F)c3)C(=O)N(c3ccc(Cl)cc3)C2=O)cc1. The summed E-state index contributed by atoms with van der Waals surface area (Å²) < 4.78 is 32.1. The molecule has 4 rings (SSSR count). The maximum absolute atomic E-state index is 13.7. The van der Waals surface area contributed by atoms with E-state index >= 15 is 0 Å². The van der Waals surface area contributed by atoms with Crippen LogP contribution in [0.25, 0.3) is 5.57 Å². The van der Waals surface area contributed by atoms with Crippen molar-refractivity contribution in [3.8, 4) is 5.75 Å². The van der Waals surface area contributed by atoms with Gasteiger partial charge in [0, 0.05) is 16.8 Å². The van der Waals surface area contributed by atoms with Crippen LogP contribution in [0.5, 0.6) is 5.75 Å². The highest BCUT2D eigenvalue weighted by atomic mass is 35.5. The first-order valence-electron chi connectivity index (χ1n) is 9.14. The topological polar surface area (TPSA) is 58.6 Å². The number of benzene rings is 3. The molecule has 5 nitrogen and oxygen atoms in total. The van der Waals surface area contributed by atoms with Gasteiger partial charge in [-0.05, 0) is 54.1 Å². The van der Waals surface area contributed by atoms with Crippen molar-refractivity contribution in [2.24, 2.45) is 0 Å². The van der Waals surface area contributed by atoms with Crippen LogP contribution in [0.4, 0.5) is 20.2 Å². The molecule has 1 aliphatic heterocycles. The van der Waals surface area contributed by atoms with Crippen molar-refractivity contribution in [3.05, 3.63) is 94.6 Å². The number of methoxy groups -OCH3 is 1. The largest absolute Gasteiger partial charge is 0.497 e. The molecule has 0 bridgehead atoms. The monoisotopic (exact) mass is 440 g/mol. The zero-order chi connectivity index (χ0) is 22.1. The third-order valence-electron chi connectivity index (χ3n) is 4.74. The van der Waals surface area contributed by atoms with Crippen LogP contribution >= 0.6 is 11.6 Å². The molecule has 3 aromatic rings. The third kappa shape index (κ3) is 3.87. The number of carbonyl (C=O) groups is 2. The lowest BCUT2D eigenvalue weighted by atomic mass is 10.0. The van der Waals surface area contributed by atoms with Gasteiger partial charge in [0.05, 0.1) is 18.4 Å². The van der Waals surface area contributed by atoms with E-state index in [0.29, 0.717) is 22.0 Å². The van der Waals surface area contributed by atoms with E-state index < -0.39 is 23.4 Å². The van der Waals surface area contributed by atoms with Gasteiger partial charge in [0.2, 0.25) is 0 Å². The Morgan fingerprint density at radius 1 is 0.871 bits per heavy atom. The highest BCUT2D eigenvalue weighted by molar-refractivity contribution is 6.46. The van der Waals surface area contributed by atoms with E-state index in [9.17, 15) is 18.4 Å². The third-order valence-corrected chi connectivity index (χ3v) is 4.99. The minimum atomic E-state index is -1.08. The number of hydrogen-bond donors (Lipinski definition) is 1. The average Bonchev–Trinajstić information content (AvgIpc) is 3.01. The molecule has 8 heteroatoms. The minimum absolute atomic E-state index is 0.0591. The summed E-state index contributed by atoms with van der Waals surface area (Å²) >= 11 is 5.92. The van der Waals surface area contributed by atoms with Gasteiger partial charge in [0.25, 0.3) is 11.8 Å². The molecule has 0 saturated carbocycles. The Balaban J connectivity index is 1.81. The predicted molar refractivity (Wildman–Crippen MR) is 114 cm³/mol. The quantitative estimate of drug-likeness (QED) is 0.566. The van der Waals surface area contributed by atoms with Gasteiger partial charge in [-0.3, -0.25) is 9.59 Å². The fourth-order valence-electron chi connectivity index (χ4n) is 3.21. The van der Waals surface area contributed by atoms with Crippen LogP contribution in [0.3, 0.4) is 0 Å². The van der Waals surface area contributed by atoms with Crippen molar-refractivity contribution in [3.63, 3.8) is 0 Å². The Hall–Kier alpha value is -3.71. The Morgan fingerprint density at radius 2 is 1.55 bits per heavy atom. The van der Waals surface area contributed by atoms with Gasteiger partial charge < -0.3 is 10.1 Å². The van der Waals surface area contributed by atoms with Gasteiger partial charge in [-0.15, -0.1) is 0 Å². The van der Waals surface area contributed by atoms with Crippen LogP contribution in [0.15, 0.2) is 72.4 Å². The van der Waals surface area contributed by atoms with Crippen molar-refractivity contribution in [2.45, 2.75) is 0 Å². The smallest absolute Gasteiger partial charge is 0.282 e. The molecule has 0 aliphatic carbocycles. The molecule has 0 saturated heterocycles. The van der Waals surface area contributed by atoms with Crippen molar-refractivity contribution in [1.29, 1.82) is 0 Å². The van der Waals surface area contributed by atoms with E-state index in [-0.39, 0.29) is 17.0 Å². The first-order chi connectivity index (χ1) is 14.9. The summed E-state index contributed by atoms with van der Waals surface area (Å²) in [4.78, 5) is 27.5. The van der Waals surface area contributed by atoms with Crippen LogP contribution in [0.1, 0.15) is 5.56 Å². The highest BCUT2D eigenvalue weighted by Gasteiger charge is 2.40. The zero-order valence-electron chi connectivity index (χ0n) is 16.2. The summed E-state index contributed by atoms with van der Waals surface area (Å²) in [6.45, 7) is 0. The highest BCUT2D eigenvalue weighted by Crippen LogP contribution is 2.34. The van der Waals surface area contributed by atoms with Crippen molar-refractivity contribution in [2.75, 3.05) is 17.3 Å². The molecule has 0 unspecified atom stereocenters. The number of hydrogen-bond acceptors (Lipinski definition) is 4. The number of amides is 2. The van der Waals surface area contributed by atoms with Crippen molar-refractivity contribution in [1.82, 2.24) is 0 Å². The summed E-state index contributed by atoms with van der Waals surface area (Å²) in [7, 11) is 1.51. The maximum Gasteiger partial charge on any atom is 0.282 e. The fraction of sp³-hybridized carbons (Fsp3) is 0.0435. The standard InChI is InChI=1S/C23H15ClF2N2O3/c1-31-17-9-2-13(3-10-17)20-21(27-15-6-11-18(25)19(26)12-15)23(30)28(22(20)29)16-7-4-14(24)5-8-16/h2-12,27H,1H3. The van der Waals surface area contributed by atoms with Crippen molar-refractivity contribution < 1.29 is 23.1 Å². The minimum Gasteiger partial charge on any atom is -0.497 e. The Bertz CT molecular complexity index is 1210. The summed E-state index contributed by atoms with van der Waals surface area (Å²) in [6, 6.07) is 15.9. The van der Waals surface area contributed by atoms with Gasteiger partial charge in [0.15, 0.2) is 11.6 Å². The first-order valence-corrected chi connectivity index (χ1v) is 9.52. The van der Waals surface area contributed by atoms with Gasteiger partial charge >= 0.3 is 0 Å². The second-order valence-corrected chi connectivity index (χ2v) is 7.09. The molecule has 1 aliphatic rings. The predicted octanol–water partition coefficient (Wildman–Crippen LogP) is 5.02. The molecule has 3 aromatic carbocycles.